The van der Waals surface area contributed by atoms with Gasteiger partial charge in [-0.2, -0.15) is 0 Å². The van der Waals surface area contributed by atoms with Crippen LogP contribution in [0.15, 0.2) is 24.3 Å². The predicted molar refractivity (Wildman–Crippen MR) is 117 cm³/mol. The van der Waals surface area contributed by atoms with Gasteiger partial charge in [0.25, 0.3) is 5.91 Å². The molecule has 1 heterocycles. The molecule has 0 atom stereocenters. The molecule has 3 rings (SSSR count). The number of halogens is 2. The lowest BCUT2D eigenvalue weighted by atomic mass is 9.87. The molecule has 28 heavy (non-hydrogen) atoms. The second-order valence-corrected chi connectivity index (χ2v) is 7.68. The number of carbonyl (C=O) groups excluding carboxylic acids is 2. The normalized spacial score (nSPS) is 22.5. The number of amides is 2. The molecule has 1 aromatic carbocycles. The summed E-state index contributed by atoms with van der Waals surface area (Å²) in [5.74, 6) is 0.868. The molecule has 0 spiro atoms. The number of nitrogens with zero attached hydrogens (tertiary/aromatic N) is 2. The van der Waals surface area contributed by atoms with Crippen molar-refractivity contribution >= 4 is 42.3 Å². The molecule has 1 saturated heterocycles. The van der Waals surface area contributed by atoms with E-state index in [-0.39, 0.29) is 36.6 Å². The van der Waals surface area contributed by atoms with Crippen molar-refractivity contribution in [3.05, 3.63) is 29.8 Å². The summed E-state index contributed by atoms with van der Waals surface area (Å²) in [5, 5.41) is 3.18. The molecule has 0 radical (unpaired) electrons. The van der Waals surface area contributed by atoms with E-state index in [9.17, 15) is 9.59 Å². The number of benzene rings is 1. The van der Waals surface area contributed by atoms with Gasteiger partial charge in [0, 0.05) is 37.9 Å². The van der Waals surface area contributed by atoms with E-state index in [0.717, 1.165) is 18.8 Å². The van der Waals surface area contributed by atoms with E-state index in [1.807, 2.05) is 17.0 Å². The molecule has 0 aromatic heterocycles. The Kier molecular flexibility index (Phi) is 10.1. The topological polar surface area (TPSA) is 78.7 Å². The van der Waals surface area contributed by atoms with E-state index in [2.05, 4.69) is 17.1 Å². The maximum absolute atomic E-state index is 12.6. The molecule has 3 N–H and O–H groups in total. The zero-order valence-corrected chi connectivity index (χ0v) is 18.1. The van der Waals surface area contributed by atoms with Crippen LogP contribution in [-0.4, -0.2) is 60.4 Å². The molecule has 1 aliphatic heterocycles. The number of nitrogen functional groups attached to an aromatic ring is 1. The maximum Gasteiger partial charge on any atom is 0.256 e. The minimum absolute atomic E-state index is 0. The fraction of sp³-hybridized carbons (Fsp3) is 0.600. The number of nitrogens with one attached hydrogen (secondary N) is 1. The third-order valence-corrected chi connectivity index (χ3v) is 5.60. The number of rotatable bonds is 4. The Hall–Kier alpha value is -1.50. The first-order valence-corrected chi connectivity index (χ1v) is 9.68. The third-order valence-electron chi connectivity index (χ3n) is 5.60. The molecule has 0 unspecified atom stereocenters. The Balaban J connectivity index is 0.00000196. The SMILES string of the molecule is CC1CCC(NC(=O)CN2CCN(C(=O)c3ccccc3N)CC2)CC1.Cl.Cl. The summed E-state index contributed by atoms with van der Waals surface area (Å²) >= 11 is 0. The van der Waals surface area contributed by atoms with Crippen molar-refractivity contribution in [1.82, 2.24) is 15.1 Å². The molecule has 2 amide bonds. The molecule has 0 bridgehead atoms. The molecule has 1 aliphatic carbocycles. The van der Waals surface area contributed by atoms with E-state index in [4.69, 9.17) is 5.73 Å². The Labute approximate surface area is 180 Å². The molecular formula is C20H32Cl2N4O2. The summed E-state index contributed by atoms with van der Waals surface area (Å²) in [6.07, 6.45) is 4.59. The largest absolute Gasteiger partial charge is 0.398 e. The molecule has 2 aliphatic rings. The first kappa shape index (κ1) is 24.5. The first-order valence-electron chi connectivity index (χ1n) is 9.68. The van der Waals surface area contributed by atoms with E-state index >= 15 is 0 Å². The van der Waals surface area contributed by atoms with Crippen LogP contribution in [0, 0.1) is 5.92 Å². The van der Waals surface area contributed by atoms with Crippen LogP contribution in [0.25, 0.3) is 0 Å². The van der Waals surface area contributed by atoms with E-state index in [1.54, 1.807) is 12.1 Å². The molecule has 2 fully saturated rings. The van der Waals surface area contributed by atoms with Crippen LogP contribution >= 0.6 is 24.8 Å². The average molecular weight is 431 g/mol. The molecule has 158 valence electrons. The monoisotopic (exact) mass is 430 g/mol. The third kappa shape index (κ3) is 6.54. The van der Waals surface area contributed by atoms with Gasteiger partial charge in [-0.05, 0) is 43.7 Å². The number of anilines is 1. The lowest BCUT2D eigenvalue weighted by Gasteiger charge is -2.35. The minimum atomic E-state index is -0.0245. The number of para-hydroxylation sites is 1. The van der Waals surface area contributed by atoms with Crippen molar-refractivity contribution in [2.75, 3.05) is 38.5 Å². The van der Waals surface area contributed by atoms with Crippen LogP contribution in [0.3, 0.4) is 0 Å². The second-order valence-electron chi connectivity index (χ2n) is 7.68. The number of carbonyl (C=O) groups is 2. The lowest BCUT2D eigenvalue weighted by molar-refractivity contribution is -0.123. The van der Waals surface area contributed by atoms with Crippen molar-refractivity contribution in [2.24, 2.45) is 5.92 Å². The number of piperazine rings is 1. The number of hydrogen-bond donors (Lipinski definition) is 2. The van der Waals surface area contributed by atoms with Gasteiger partial charge in [0.05, 0.1) is 12.1 Å². The van der Waals surface area contributed by atoms with E-state index < -0.39 is 0 Å². The molecule has 6 nitrogen and oxygen atoms in total. The molecular weight excluding hydrogens is 399 g/mol. The summed E-state index contributed by atoms with van der Waals surface area (Å²) in [6, 6.07) is 7.51. The van der Waals surface area contributed by atoms with Crippen molar-refractivity contribution in [3.8, 4) is 0 Å². The average Bonchev–Trinajstić information content (AvgIpc) is 2.64. The fourth-order valence-corrected chi connectivity index (χ4v) is 3.85. The van der Waals surface area contributed by atoms with Crippen molar-refractivity contribution in [1.29, 1.82) is 0 Å². The van der Waals surface area contributed by atoms with Crippen LogP contribution in [0.4, 0.5) is 5.69 Å². The highest BCUT2D eigenvalue weighted by molar-refractivity contribution is 5.99. The van der Waals surface area contributed by atoms with Crippen LogP contribution in [0.1, 0.15) is 43.0 Å². The fourth-order valence-electron chi connectivity index (χ4n) is 3.85. The van der Waals surface area contributed by atoms with Gasteiger partial charge in [0.15, 0.2) is 0 Å². The van der Waals surface area contributed by atoms with Crippen LogP contribution in [0.5, 0.6) is 0 Å². The summed E-state index contributed by atoms with van der Waals surface area (Å²) < 4.78 is 0. The Morgan fingerprint density at radius 1 is 1.04 bits per heavy atom. The second kappa shape index (κ2) is 11.5. The Morgan fingerprint density at radius 2 is 1.64 bits per heavy atom. The highest BCUT2D eigenvalue weighted by Gasteiger charge is 2.25. The summed E-state index contributed by atoms with van der Waals surface area (Å²) in [7, 11) is 0. The minimum Gasteiger partial charge on any atom is -0.398 e. The van der Waals surface area contributed by atoms with Crippen LogP contribution in [0.2, 0.25) is 0 Å². The highest BCUT2D eigenvalue weighted by atomic mass is 35.5. The smallest absolute Gasteiger partial charge is 0.256 e. The maximum atomic E-state index is 12.6. The number of nitrogens with two attached hydrogens (primary N) is 1. The van der Waals surface area contributed by atoms with Gasteiger partial charge in [0.2, 0.25) is 5.91 Å². The van der Waals surface area contributed by atoms with Crippen molar-refractivity contribution in [3.63, 3.8) is 0 Å². The van der Waals surface area contributed by atoms with Gasteiger partial charge in [-0.1, -0.05) is 19.1 Å². The standard InChI is InChI=1S/C20H30N4O2.2ClH/c1-15-6-8-16(9-7-15)22-19(25)14-23-10-12-24(13-11-23)20(26)17-4-2-3-5-18(17)21;;/h2-5,15-16H,6-14,21H2,1H3,(H,22,25);2*1H. The summed E-state index contributed by atoms with van der Waals surface area (Å²) in [6.45, 7) is 5.38. The van der Waals surface area contributed by atoms with Gasteiger partial charge in [-0.3, -0.25) is 14.5 Å². The quantitative estimate of drug-likeness (QED) is 0.719. The van der Waals surface area contributed by atoms with E-state index in [0.29, 0.717) is 50.0 Å². The molecule has 1 saturated carbocycles. The van der Waals surface area contributed by atoms with Gasteiger partial charge < -0.3 is 16.0 Å². The van der Waals surface area contributed by atoms with Crippen LogP contribution < -0.4 is 11.1 Å². The molecule has 1 aromatic rings. The Morgan fingerprint density at radius 3 is 2.25 bits per heavy atom. The van der Waals surface area contributed by atoms with Crippen LogP contribution in [-0.2, 0) is 4.79 Å². The van der Waals surface area contributed by atoms with Gasteiger partial charge >= 0.3 is 0 Å². The summed E-state index contributed by atoms with van der Waals surface area (Å²) in [4.78, 5) is 28.8. The van der Waals surface area contributed by atoms with Crippen molar-refractivity contribution < 1.29 is 9.59 Å². The zero-order valence-electron chi connectivity index (χ0n) is 16.4. The number of hydrogen-bond acceptors (Lipinski definition) is 4. The van der Waals surface area contributed by atoms with Crippen molar-refractivity contribution in [2.45, 2.75) is 38.6 Å². The predicted octanol–water partition coefficient (Wildman–Crippen LogP) is 2.57. The highest BCUT2D eigenvalue weighted by Crippen LogP contribution is 2.23. The van der Waals surface area contributed by atoms with E-state index in [1.165, 1.54) is 12.8 Å². The van der Waals surface area contributed by atoms with Gasteiger partial charge in [-0.25, -0.2) is 0 Å². The lowest BCUT2D eigenvalue weighted by Crippen LogP contribution is -2.52. The first-order chi connectivity index (χ1) is 12.5. The molecule has 8 heteroatoms. The zero-order chi connectivity index (χ0) is 18.5. The summed E-state index contributed by atoms with van der Waals surface area (Å²) in [5.41, 5.74) is 6.98. The van der Waals surface area contributed by atoms with Gasteiger partial charge in [0.1, 0.15) is 0 Å². The van der Waals surface area contributed by atoms with Gasteiger partial charge in [-0.15, -0.1) is 24.8 Å². The Bertz CT molecular complexity index is 643.